The van der Waals surface area contributed by atoms with Gasteiger partial charge in [-0.25, -0.2) is 4.79 Å². The van der Waals surface area contributed by atoms with Gasteiger partial charge in [-0.05, 0) is 48.2 Å². The van der Waals surface area contributed by atoms with Gasteiger partial charge in [0.15, 0.2) is 0 Å². The zero-order chi connectivity index (χ0) is 13.0. The minimum Gasteiger partial charge on any atom is -0.464 e. The van der Waals surface area contributed by atoms with Crippen LogP contribution in [-0.2, 0) is 9.53 Å². The number of rotatable bonds is 3. The fourth-order valence-electron chi connectivity index (χ4n) is 2.30. The predicted octanol–water partition coefficient (Wildman–Crippen LogP) is 2.77. The molecule has 0 amide bonds. The molecule has 1 fully saturated rings. The molecule has 4 nitrogen and oxygen atoms in total. The molecule has 18 heavy (non-hydrogen) atoms. The van der Waals surface area contributed by atoms with Crippen molar-refractivity contribution in [2.75, 3.05) is 18.1 Å². The summed E-state index contributed by atoms with van der Waals surface area (Å²) in [6, 6.07) is 1.76. The van der Waals surface area contributed by atoms with Crippen LogP contribution < -0.4 is 4.90 Å². The fourth-order valence-corrected chi connectivity index (χ4v) is 2.78. The van der Waals surface area contributed by atoms with Crippen LogP contribution in [0.5, 0.6) is 0 Å². The number of hydrogen-bond donors (Lipinski definition) is 0. The van der Waals surface area contributed by atoms with Crippen molar-refractivity contribution in [3.63, 3.8) is 0 Å². The minimum absolute atomic E-state index is 0.124. The van der Waals surface area contributed by atoms with Crippen molar-refractivity contribution in [3.8, 4) is 0 Å². The number of anilines is 1. The molecular weight excluding hydrogens is 296 g/mol. The molecule has 0 saturated carbocycles. The summed E-state index contributed by atoms with van der Waals surface area (Å²) in [6.07, 6.45) is 6.53. The number of carbonyl (C=O) groups excluding carboxylic acids is 1. The largest absolute Gasteiger partial charge is 0.464 e. The third-order valence-electron chi connectivity index (χ3n) is 3.12. The lowest BCUT2D eigenvalue weighted by atomic mass is 10.0. The third-order valence-corrected chi connectivity index (χ3v) is 3.73. The molecule has 0 N–H and O–H groups in total. The summed E-state index contributed by atoms with van der Waals surface area (Å²) in [4.78, 5) is 18.2. The highest BCUT2D eigenvalue weighted by molar-refractivity contribution is 9.10. The molecule has 5 heteroatoms. The fraction of sp³-hybridized carbons (Fsp3) is 0.538. The van der Waals surface area contributed by atoms with Gasteiger partial charge in [0.25, 0.3) is 0 Å². The van der Waals surface area contributed by atoms with Gasteiger partial charge >= 0.3 is 5.97 Å². The zero-order valence-corrected chi connectivity index (χ0v) is 12.0. The van der Waals surface area contributed by atoms with E-state index in [0.717, 1.165) is 36.0 Å². The topological polar surface area (TPSA) is 42.4 Å². The second-order valence-corrected chi connectivity index (χ2v) is 5.14. The van der Waals surface area contributed by atoms with E-state index in [1.165, 1.54) is 0 Å². The molecule has 1 unspecified atom stereocenters. The number of ether oxygens (including phenoxy) is 1. The Morgan fingerprint density at radius 1 is 1.61 bits per heavy atom. The van der Waals surface area contributed by atoms with Gasteiger partial charge in [0.05, 0.1) is 16.8 Å². The van der Waals surface area contributed by atoms with Crippen molar-refractivity contribution in [1.82, 2.24) is 4.98 Å². The first-order valence-corrected chi connectivity index (χ1v) is 7.06. The van der Waals surface area contributed by atoms with E-state index in [2.05, 4.69) is 25.8 Å². The number of pyridine rings is 1. The summed E-state index contributed by atoms with van der Waals surface area (Å²) in [5.74, 6) is -0.124. The van der Waals surface area contributed by atoms with Crippen LogP contribution in [0, 0.1) is 0 Å². The number of halogens is 1. The van der Waals surface area contributed by atoms with E-state index in [-0.39, 0.29) is 12.0 Å². The Morgan fingerprint density at radius 3 is 3.17 bits per heavy atom. The first-order valence-electron chi connectivity index (χ1n) is 6.27. The van der Waals surface area contributed by atoms with E-state index in [4.69, 9.17) is 4.74 Å². The van der Waals surface area contributed by atoms with Crippen molar-refractivity contribution < 1.29 is 9.53 Å². The molecule has 98 valence electrons. The van der Waals surface area contributed by atoms with Gasteiger partial charge in [-0.2, -0.15) is 0 Å². The summed E-state index contributed by atoms with van der Waals surface area (Å²) in [6.45, 7) is 3.15. The Kier molecular flexibility index (Phi) is 4.58. The molecule has 0 bridgehead atoms. The molecule has 2 rings (SSSR count). The molecule has 0 spiro atoms. The Hall–Kier alpha value is -1.10. The smallest absolute Gasteiger partial charge is 0.328 e. The van der Waals surface area contributed by atoms with Crippen molar-refractivity contribution >= 4 is 27.6 Å². The van der Waals surface area contributed by atoms with Gasteiger partial charge in [-0.3, -0.25) is 4.98 Å². The molecule has 0 aromatic carbocycles. The molecule has 2 heterocycles. The molecule has 0 radical (unpaired) electrons. The summed E-state index contributed by atoms with van der Waals surface area (Å²) >= 11 is 3.49. The van der Waals surface area contributed by atoms with Crippen LogP contribution >= 0.6 is 15.9 Å². The first-order chi connectivity index (χ1) is 8.74. The van der Waals surface area contributed by atoms with Crippen LogP contribution in [0.15, 0.2) is 22.9 Å². The van der Waals surface area contributed by atoms with E-state index in [1.54, 1.807) is 12.4 Å². The first kappa shape index (κ1) is 13.3. The zero-order valence-electron chi connectivity index (χ0n) is 10.4. The van der Waals surface area contributed by atoms with E-state index in [1.807, 2.05) is 13.0 Å². The van der Waals surface area contributed by atoms with Crippen molar-refractivity contribution in [3.05, 3.63) is 22.9 Å². The third kappa shape index (κ3) is 2.83. The van der Waals surface area contributed by atoms with Gasteiger partial charge in [0, 0.05) is 18.9 Å². The Bertz CT molecular complexity index is 425. The second-order valence-electron chi connectivity index (χ2n) is 4.28. The number of hydrogen-bond acceptors (Lipinski definition) is 4. The average molecular weight is 313 g/mol. The number of carbonyl (C=O) groups is 1. The van der Waals surface area contributed by atoms with Crippen molar-refractivity contribution in [1.29, 1.82) is 0 Å². The average Bonchev–Trinajstić information content (AvgIpc) is 2.40. The number of nitrogens with zero attached hydrogens (tertiary/aromatic N) is 2. The molecule has 1 aromatic rings. The van der Waals surface area contributed by atoms with Crippen LogP contribution in [0.1, 0.15) is 26.2 Å². The van der Waals surface area contributed by atoms with Gasteiger partial charge in [-0.1, -0.05) is 0 Å². The summed E-state index contributed by atoms with van der Waals surface area (Å²) in [5.41, 5.74) is 1.02. The maximum absolute atomic E-state index is 12.0. The minimum atomic E-state index is -0.169. The molecular formula is C13H17BrN2O2. The van der Waals surface area contributed by atoms with E-state index in [9.17, 15) is 4.79 Å². The highest BCUT2D eigenvalue weighted by Gasteiger charge is 2.30. The van der Waals surface area contributed by atoms with Gasteiger partial charge < -0.3 is 9.64 Å². The van der Waals surface area contributed by atoms with Gasteiger partial charge in [-0.15, -0.1) is 0 Å². The highest BCUT2D eigenvalue weighted by atomic mass is 79.9. The summed E-state index contributed by atoms with van der Waals surface area (Å²) in [5, 5.41) is 0. The highest BCUT2D eigenvalue weighted by Crippen LogP contribution is 2.30. The SMILES string of the molecule is CCOC(=O)C1CCCCN1c1ccncc1Br. The molecule has 1 aromatic heterocycles. The number of aromatic nitrogens is 1. The lowest BCUT2D eigenvalue weighted by molar-refractivity contribution is -0.145. The van der Waals surface area contributed by atoms with Crippen LogP contribution in [-0.4, -0.2) is 30.1 Å². The van der Waals surface area contributed by atoms with Gasteiger partial charge in [0.2, 0.25) is 0 Å². The summed E-state index contributed by atoms with van der Waals surface area (Å²) < 4.78 is 6.08. The lowest BCUT2D eigenvalue weighted by Gasteiger charge is -2.36. The lowest BCUT2D eigenvalue weighted by Crippen LogP contribution is -2.45. The Labute approximate surface area is 115 Å². The standard InChI is InChI=1S/C13H17BrN2O2/c1-2-18-13(17)12-5-3-4-8-16(12)11-6-7-15-9-10(11)14/h6-7,9,12H,2-5,8H2,1H3. The Balaban J connectivity index is 2.23. The quantitative estimate of drug-likeness (QED) is 0.805. The van der Waals surface area contributed by atoms with E-state index < -0.39 is 0 Å². The molecule has 1 aliphatic rings. The maximum atomic E-state index is 12.0. The normalized spacial score (nSPS) is 19.7. The van der Waals surface area contributed by atoms with Crippen LogP contribution in [0.25, 0.3) is 0 Å². The molecule has 1 atom stereocenters. The van der Waals surface area contributed by atoms with Crippen molar-refractivity contribution in [2.45, 2.75) is 32.2 Å². The maximum Gasteiger partial charge on any atom is 0.328 e. The van der Waals surface area contributed by atoms with Crippen LogP contribution in [0.3, 0.4) is 0 Å². The molecule has 1 saturated heterocycles. The van der Waals surface area contributed by atoms with Crippen LogP contribution in [0.2, 0.25) is 0 Å². The summed E-state index contributed by atoms with van der Waals surface area (Å²) in [7, 11) is 0. The molecule has 1 aliphatic heterocycles. The predicted molar refractivity (Wildman–Crippen MR) is 73.6 cm³/mol. The van der Waals surface area contributed by atoms with Crippen molar-refractivity contribution in [2.24, 2.45) is 0 Å². The number of esters is 1. The van der Waals surface area contributed by atoms with E-state index in [0.29, 0.717) is 6.61 Å². The second kappa shape index (κ2) is 6.18. The Morgan fingerprint density at radius 2 is 2.44 bits per heavy atom. The van der Waals surface area contributed by atoms with Crippen LogP contribution in [0.4, 0.5) is 5.69 Å². The van der Waals surface area contributed by atoms with E-state index >= 15 is 0 Å². The number of piperidine rings is 1. The monoisotopic (exact) mass is 312 g/mol. The van der Waals surface area contributed by atoms with Gasteiger partial charge in [0.1, 0.15) is 6.04 Å². The molecule has 0 aliphatic carbocycles.